The summed E-state index contributed by atoms with van der Waals surface area (Å²) >= 11 is 3.42. The summed E-state index contributed by atoms with van der Waals surface area (Å²) in [4.78, 5) is 8.75. The van der Waals surface area contributed by atoms with Crippen molar-refractivity contribution in [1.82, 2.24) is 9.97 Å². The molecule has 1 heterocycles. The first-order valence-corrected chi connectivity index (χ1v) is 6.09. The number of halogens is 1. The van der Waals surface area contributed by atoms with Gasteiger partial charge in [0.05, 0.1) is 16.3 Å². The molecule has 4 nitrogen and oxygen atoms in total. The number of anilines is 1. The lowest BCUT2D eigenvalue weighted by atomic mass is 10.1. The predicted molar refractivity (Wildman–Crippen MR) is 68.4 cm³/mol. The fourth-order valence-electron chi connectivity index (χ4n) is 1.35. The molecule has 16 heavy (non-hydrogen) atoms. The lowest BCUT2D eigenvalue weighted by Crippen LogP contribution is -2.14. The molecule has 0 amide bonds. The Morgan fingerprint density at radius 2 is 1.94 bits per heavy atom. The molecule has 1 rings (SSSR count). The number of nitrogen functional groups attached to an aromatic ring is 1. The van der Waals surface area contributed by atoms with Crippen molar-refractivity contribution >= 4 is 21.7 Å². The Balaban J connectivity index is 3.04. The number of hydrogen-bond donors (Lipinski definition) is 1. The zero-order chi connectivity index (χ0) is 12.3. The predicted octanol–water partition coefficient (Wildman–Crippen LogP) is 2.52. The van der Waals surface area contributed by atoms with Crippen molar-refractivity contribution in [2.24, 2.45) is 0 Å². The van der Waals surface area contributed by atoms with Gasteiger partial charge < -0.3 is 10.5 Å². The lowest BCUT2D eigenvalue weighted by Gasteiger charge is -2.13. The lowest BCUT2D eigenvalue weighted by molar-refractivity contribution is 0.117. The molecule has 0 bridgehead atoms. The van der Waals surface area contributed by atoms with E-state index in [0.29, 0.717) is 18.2 Å². The number of hydrogen-bond acceptors (Lipinski definition) is 4. The zero-order valence-corrected chi connectivity index (χ0v) is 11.7. The Labute approximate surface area is 105 Å². The maximum atomic E-state index is 5.84. The molecule has 1 atom stereocenters. The van der Waals surface area contributed by atoms with E-state index in [0.717, 1.165) is 16.0 Å². The van der Waals surface area contributed by atoms with Gasteiger partial charge in [-0.05, 0) is 28.8 Å². The first kappa shape index (κ1) is 13.4. The quantitative estimate of drug-likeness (QED) is 0.924. The number of rotatable bonds is 4. The molecule has 1 aromatic heterocycles. The van der Waals surface area contributed by atoms with Gasteiger partial charge in [-0.15, -0.1) is 0 Å². The maximum absolute atomic E-state index is 5.84. The summed E-state index contributed by atoms with van der Waals surface area (Å²) < 4.78 is 5.99. The molecule has 0 radical (unpaired) electrons. The second-order valence-corrected chi connectivity index (χ2v) is 4.92. The highest BCUT2D eigenvalue weighted by Crippen LogP contribution is 2.27. The van der Waals surface area contributed by atoms with E-state index in [1.807, 2.05) is 6.92 Å². The van der Waals surface area contributed by atoms with Crippen molar-refractivity contribution in [2.45, 2.75) is 39.2 Å². The average molecular weight is 288 g/mol. The van der Waals surface area contributed by atoms with Gasteiger partial charge in [-0.2, -0.15) is 0 Å². The van der Waals surface area contributed by atoms with Gasteiger partial charge >= 0.3 is 0 Å². The molecule has 0 aliphatic carbocycles. The van der Waals surface area contributed by atoms with E-state index in [2.05, 4.69) is 39.7 Å². The highest BCUT2D eigenvalue weighted by molar-refractivity contribution is 9.10. The van der Waals surface area contributed by atoms with Crippen molar-refractivity contribution in [1.29, 1.82) is 0 Å². The Kier molecular flexibility index (Phi) is 4.68. The van der Waals surface area contributed by atoms with E-state index in [1.165, 1.54) is 0 Å². The molecule has 0 aliphatic heterocycles. The van der Waals surface area contributed by atoms with Crippen molar-refractivity contribution in [3.05, 3.63) is 16.0 Å². The summed E-state index contributed by atoms with van der Waals surface area (Å²) in [7, 11) is 1.68. The minimum atomic E-state index is 0.0978. The van der Waals surface area contributed by atoms with Gasteiger partial charge in [-0.1, -0.05) is 13.8 Å². The van der Waals surface area contributed by atoms with Gasteiger partial charge in [0.1, 0.15) is 11.6 Å². The Morgan fingerprint density at radius 3 is 2.44 bits per heavy atom. The van der Waals surface area contributed by atoms with Crippen molar-refractivity contribution < 1.29 is 4.74 Å². The summed E-state index contributed by atoms with van der Waals surface area (Å²) in [5.41, 5.74) is 6.79. The molecule has 1 unspecified atom stereocenters. The Bertz CT molecular complexity index is 368. The monoisotopic (exact) mass is 287 g/mol. The van der Waals surface area contributed by atoms with E-state index in [9.17, 15) is 0 Å². The fourth-order valence-corrected chi connectivity index (χ4v) is 1.98. The average Bonchev–Trinajstić information content (AvgIpc) is 2.22. The van der Waals surface area contributed by atoms with Gasteiger partial charge in [-0.25, -0.2) is 9.97 Å². The molecule has 0 aliphatic rings. The maximum Gasteiger partial charge on any atom is 0.141 e. The van der Waals surface area contributed by atoms with Crippen molar-refractivity contribution in [2.75, 3.05) is 12.8 Å². The summed E-state index contributed by atoms with van der Waals surface area (Å²) in [5.74, 6) is 1.55. The van der Waals surface area contributed by atoms with Crippen LogP contribution in [0, 0.1) is 0 Å². The van der Waals surface area contributed by atoms with E-state index in [-0.39, 0.29) is 6.10 Å². The zero-order valence-electron chi connectivity index (χ0n) is 10.1. The van der Waals surface area contributed by atoms with Gasteiger partial charge in [0, 0.05) is 13.5 Å². The minimum Gasteiger partial charge on any atom is -0.383 e. The fraction of sp³-hybridized carbons (Fsp3) is 0.636. The van der Waals surface area contributed by atoms with Crippen LogP contribution < -0.4 is 5.73 Å². The summed E-state index contributed by atoms with van der Waals surface area (Å²) in [5, 5.41) is 0. The smallest absolute Gasteiger partial charge is 0.141 e. The SMILES string of the molecule is COC(C)Cc1nc(N)c(Br)c(C(C)C)n1. The van der Waals surface area contributed by atoms with E-state index in [4.69, 9.17) is 10.5 Å². The minimum absolute atomic E-state index is 0.0978. The van der Waals surface area contributed by atoms with E-state index in [1.54, 1.807) is 7.11 Å². The summed E-state index contributed by atoms with van der Waals surface area (Å²) in [6.07, 6.45) is 0.772. The van der Waals surface area contributed by atoms with E-state index >= 15 is 0 Å². The van der Waals surface area contributed by atoms with Crippen LogP contribution in [-0.2, 0) is 11.2 Å². The Morgan fingerprint density at radius 1 is 1.31 bits per heavy atom. The topological polar surface area (TPSA) is 61.0 Å². The molecule has 0 spiro atoms. The van der Waals surface area contributed by atoms with Gasteiger partial charge in [0.15, 0.2) is 0 Å². The number of ether oxygens (including phenoxy) is 1. The first-order valence-electron chi connectivity index (χ1n) is 5.30. The third-order valence-electron chi connectivity index (χ3n) is 2.37. The van der Waals surface area contributed by atoms with Crippen LogP contribution in [0.5, 0.6) is 0 Å². The van der Waals surface area contributed by atoms with Crippen LogP contribution in [0.4, 0.5) is 5.82 Å². The van der Waals surface area contributed by atoms with Crippen LogP contribution >= 0.6 is 15.9 Å². The van der Waals surface area contributed by atoms with Crippen LogP contribution in [-0.4, -0.2) is 23.2 Å². The molecular formula is C11H18BrN3O. The van der Waals surface area contributed by atoms with Gasteiger partial charge in [-0.3, -0.25) is 0 Å². The van der Waals surface area contributed by atoms with Gasteiger partial charge in [0.25, 0.3) is 0 Å². The van der Waals surface area contributed by atoms with Crippen LogP contribution in [0.1, 0.15) is 38.2 Å². The largest absolute Gasteiger partial charge is 0.383 e. The highest BCUT2D eigenvalue weighted by atomic mass is 79.9. The van der Waals surface area contributed by atoms with Crippen LogP contribution in [0.2, 0.25) is 0 Å². The molecule has 0 aromatic carbocycles. The third-order valence-corrected chi connectivity index (χ3v) is 3.18. The van der Waals surface area contributed by atoms with E-state index < -0.39 is 0 Å². The summed E-state index contributed by atoms with van der Waals surface area (Å²) in [6, 6.07) is 0. The Hall–Kier alpha value is -0.680. The highest BCUT2D eigenvalue weighted by Gasteiger charge is 2.14. The number of nitrogens with two attached hydrogens (primary N) is 1. The second-order valence-electron chi connectivity index (χ2n) is 4.13. The standard InChI is InChI=1S/C11H18BrN3O/c1-6(2)10-9(12)11(13)15-8(14-10)5-7(3)16-4/h6-7H,5H2,1-4H3,(H2,13,14,15). The van der Waals surface area contributed by atoms with Gasteiger partial charge in [0.2, 0.25) is 0 Å². The molecule has 0 saturated carbocycles. The molecule has 2 N–H and O–H groups in total. The van der Waals surface area contributed by atoms with Crippen LogP contribution in [0.3, 0.4) is 0 Å². The van der Waals surface area contributed by atoms with Crippen LogP contribution in [0.25, 0.3) is 0 Å². The second kappa shape index (κ2) is 5.59. The molecular weight excluding hydrogens is 270 g/mol. The molecule has 5 heteroatoms. The molecule has 90 valence electrons. The number of methoxy groups -OCH3 is 1. The summed E-state index contributed by atoms with van der Waals surface area (Å²) in [6.45, 7) is 6.14. The third kappa shape index (κ3) is 3.15. The number of nitrogens with zero attached hydrogens (tertiary/aromatic N) is 2. The van der Waals surface area contributed by atoms with Crippen molar-refractivity contribution in [3.63, 3.8) is 0 Å². The van der Waals surface area contributed by atoms with Crippen molar-refractivity contribution in [3.8, 4) is 0 Å². The normalized spacial score (nSPS) is 13.1. The molecule has 0 fully saturated rings. The molecule has 1 aromatic rings. The van der Waals surface area contributed by atoms with Crippen LogP contribution in [0.15, 0.2) is 4.47 Å². The molecule has 0 saturated heterocycles. The first-order chi connectivity index (χ1) is 7.45. The number of aromatic nitrogens is 2.